The van der Waals surface area contributed by atoms with Gasteiger partial charge in [-0.15, -0.1) is 0 Å². The molecule has 0 atom stereocenters. The first-order valence-electron chi connectivity index (χ1n) is 9.12. The maximum Gasteiger partial charge on any atom is 0.277 e. The van der Waals surface area contributed by atoms with E-state index in [1.165, 1.54) is 0 Å². The molecule has 0 radical (unpaired) electrons. The van der Waals surface area contributed by atoms with Crippen LogP contribution in [0.5, 0.6) is 0 Å². The zero-order chi connectivity index (χ0) is 18.7. The van der Waals surface area contributed by atoms with Crippen molar-refractivity contribution in [1.29, 1.82) is 0 Å². The standard InChI is InChI=1S/C19H26BrN5O/c1-4-24-9-11-25(12-10-24)15-8-6-5-7-14(15)21-19(26)18-16(20)17(13(2)3)22-23-18/h5-8,13H,4,9-12H2,1-3H3,(H,21,26)(H,22,23). The number of benzene rings is 1. The second kappa shape index (κ2) is 8.22. The third kappa shape index (κ3) is 3.94. The Balaban J connectivity index is 1.77. The van der Waals surface area contributed by atoms with Crippen LogP contribution in [0.1, 0.15) is 42.9 Å². The Bertz CT molecular complexity index is 765. The van der Waals surface area contributed by atoms with Crippen LogP contribution in [0.25, 0.3) is 0 Å². The number of amides is 1. The minimum atomic E-state index is -0.209. The molecule has 6 nitrogen and oxygen atoms in total. The normalized spacial score (nSPS) is 15.5. The number of para-hydroxylation sites is 2. The van der Waals surface area contributed by atoms with Crippen molar-refractivity contribution in [3.8, 4) is 0 Å². The van der Waals surface area contributed by atoms with Crippen molar-refractivity contribution in [3.63, 3.8) is 0 Å². The van der Waals surface area contributed by atoms with E-state index in [1.54, 1.807) is 0 Å². The number of nitrogens with zero attached hydrogens (tertiary/aromatic N) is 3. The highest BCUT2D eigenvalue weighted by Crippen LogP contribution is 2.29. The summed E-state index contributed by atoms with van der Waals surface area (Å²) in [6.45, 7) is 11.4. The number of likely N-dealkylation sites (N-methyl/N-ethyl adjacent to an activating group) is 1. The fraction of sp³-hybridized carbons (Fsp3) is 0.474. The van der Waals surface area contributed by atoms with Gasteiger partial charge in [0.25, 0.3) is 5.91 Å². The summed E-state index contributed by atoms with van der Waals surface area (Å²) in [7, 11) is 0. The van der Waals surface area contributed by atoms with Crippen LogP contribution in [-0.2, 0) is 0 Å². The molecule has 1 aliphatic rings. The van der Waals surface area contributed by atoms with E-state index in [1.807, 2.05) is 18.2 Å². The zero-order valence-corrected chi connectivity index (χ0v) is 17.1. The summed E-state index contributed by atoms with van der Waals surface area (Å²) in [6.07, 6.45) is 0. The molecular formula is C19H26BrN5O. The molecule has 0 spiro atoms. The van der Waals surface area contributed by atoms with Crippen LogP contribution >= 0.6 is 15.9 Å². The highest BCUT2D eigenvalue weighted by molar-refractivity contribution is 9.10. The van der Waals surface area contributed by atoms with Gasteiger partial charge in [-0.05, 0) is 40.5 Å². The minimum Gasteiger partial charge on any atom is -0.367 e. The van der Waals surface area contributed by atoms with Crippen LogP contribution in [0.3, 0.4) is 0 Å². The summed E-state index contributed by atoms with van der Waals surface area (Å²) < 4.78 is 0.735. The van der Waals surface area contributed by atoms with Crippen LogP contribution in [-0.4, -0.2) is 53.7 Å². The Kier molecular flexibility index (Phi) is 5.98. The molecule has 1 amide bonds. The summed E-state index contributed by atoms with van der Waals surface area (Å²) in [5.41, 5.74) is 3.20. The third-order valence-electron chi connectivity index (χ3n) is 4.84. The summed E-state index contributed by atoms with van der Waals surface area (Å²) >= 11 is 3.50. The van der Waals surface area contributed by atoms with Crippen molar-refractivity contribution in [2.45, 2.75) is 26.7 Å². The lowest BCUT2D eigenvalue weighted by atomic mass is 10.1. The van der Waals surface area contributed by atoms with Gasteiger partial charge in [0.05, 0.1) is 21.5 Å². The fourth-order valence-corrected chi connectivity index (χ4v) is 4.03. The molecule has 1 aromatic carbocycles. The van der Waals surface area contributed by atoms with Crippen LogP contribution < -0.4 is 10.2 Å². The Labute approximate surface area is 163 Å². The first-order valence-corrected chi connectivity index (χ1v) is 9.92. The number of hydrogen-bond acceptors (Lipinski definition) is 4. The number of H-pyrrole nitrogens is 1. The van der Waals surface area contributed by atoms with E-state index >= 15 is 0 Å². The van der Waals surface area contributed by atoms with E-state index in [2.05, 4.69) is 68.1 Å². The Hall–Kier alpha value is -1.86. The first-order chi connectivity index (χ1) is 12.5. The SMILES string of the molecule is CCN1CCN(c2ccccc2NC(=O)c2n[nH]c(C(C)C)c2Br)CC1. The van der Waals surface area contributed by atoms with E-state index in [4.69, 9.17) is 0 Å². The monoisotopic (exact) mass is 419 g/mol. The maximum atomic E-state index is 12.8. The Morgan fingerprint density at radius 3 is 2.58 bits per heavy atom. The number of hydrogen-bond donors (Lipinski definition) is 2. The first kappa shape index (κ1) is 18.9. The predicted octanol–water partition coefficient (Wildman–Crippen LogP) is 3.69. The molecule has 3 rings (SSSR count). The molecular weight excluding hydrogens is 394 g/mol. The van der Waals surface area contributed by atoms with Gasteiger partial charge in [-0.3, -0.25) is 9.89 Å². The molecule has 0 unspecified atom stereocenters. The molecule has 7 heteroatoms. The fourth-order valence-electron chi connectivity index (χ4n) is 3.22. The lowest BCUT2D eigenvalue weighted by Crippen LogP contribution is -2.46. The number of rotatable bonds is 5. The van der Waals surface area contributed by atoms with Gasteiger partial charge in [-0.25, -0.2) is 0 Å². The molecule has 1 saturated heterocycles. The van der Waals surface area contributed by atoms with Gasteiger partial charge in [0.2, 0.25) is 0 Å². The number of carbonyl (C=O) groups excluding carboxylic acids is 1. The van der Waals surface area contributed by atoms with Crippen molar-refractivity contribution in [3.05, 3.63) is 40.1 Å². The van der Waals surface area contributed by atoms with Crippen LogP contribution in [0.15, 0.2) is 28.7 Å². The molecule has 2 N–H and O–H groups in total. The van der Waals surface area contributed by atoms with Crippen molar-refractivity contribution in [2.24, 2.45) is 0 Å². The summed E-state index contributed by atoms with van der Waals surface area (Å²) in [6, 6.07) is 7.97. The molecule has 26 heavy (non-hydrogen) atoms. The van der Waals surface area contributed by atoms with Crippen LogP contribution in [0.4, 0.5) is 11.4 Å². The van der Waals surface area contributed by atoms with Gasteiger partial charge in [0, 0.05) is 26.2 Å². The van der Waals surface area contributed by atoms with Crippen LogP contribution in [0, 0.1) is 0 Å². The smallest absolute Gasteiger partial charge is 0.277 e. The van der Waals surface area contributed by atoms with Crippen molar-refractivity contribution >= 4 is 33.2 Å². The summed E-state index contributed by atoms with van der Waals surface area (Å²) in [5.74, 6) is 0.0558. The number of piperazine rings is 1. The lowest BCUT2D eigenvalue weighted by molar-refractivity contribution is 0.102. The Morgan fingerprint density at radius 1 is 1.27 bits per heavy atom. The van der Waals surface area contributed by atoms with Gasteiger partial charge in [0.1, 0.15) is 0 Å². The van der Waals surface area contributed by atoms with Gasteiger partial charge in [-0.1, -0.05) is 32.9 Å². The molecule has 2 aromatic rings. The van der Waals surface area contributed by atoms with Crippen molar-refractivity contribution < 1.29 is 4.79 Å². The van der Waals surface area contributed by atoms with Crippen LogP contribution in [0.2, 0.25) is 0 Å². The van der Waals surface area contributed by atoms with E-state index in [0.717, 1.165) is 54.3 Å². The number of nitrogens with one attached hydrogen (secondary N) is 2. The molecule has 2 heterocycles. The highest BCUT2D eigenvalue weighted by Gasteiger charge is 2.22. The quantitative estimate of drug-likeness (QED) is 0.775. The number of aromatic amines is 1. The average molecular weight is 420 g/mol. The van der Waals surface area contributed by atoms with Gasteiger partial charge >= 0.3 is 0 Å². The van der Waals surface area contributed by atoms with E-state index in [0.29, 0.717) is 5.69 Å². The second-order valence-corrected chi connectivity index (χ2v) is 7.64. The Morgan fingerprint density at radius 2 is 1.96 bits per heavy atom. The largest absolute Gasteiger partial charge is 0.367 e. The lowest BCUT2D eigenvalue weighted by Gasteiger charge is -2.36. The molecule has 0 bridgehead atoms. The van der Waals surface area contributed by atoms with E-state index in [9.17, 15) is 4.79 Å². The molecule has 140 valence electrons. The molecule has 0 aliphatic carbocycles. The van der Waals surface area contributed by atoms with E-state index < -0.39 is 0 Å². The predicted molar refractivity (Wildman–Crippen MR) is 109 cm³/mol. The maximum absolute atomic E-state index is 12.8. The molecule has 1 aromatic heterocycles. The van der Waals surface area contributed by atoms with Crippen molar-refractivity contribution in [2.75, 3.05) is 42.9 Å². The van der Waals surface area contributed by atoms with Crippen molar-refractivity contribution in [1.82, 2.24) is 15.1 Å². The zero-order valence-electron chi connectivity index (χ0n) is 15.6. The number of anilines is 2. The number of halogens is 1. The average Bonchev–Trinajstić information content (AvgIpc) is 3.04. The van der Waals surface area contributed by atoms with Gasteiger partial charge in [-0.2, -0.15) is 5.10 Å². The van der Waals surface area contributed by atoms with Gasteiger partial charge in [0.15, 0.2) is 5.69 Å². The summed E-state index contributed by atoms with van der Waals surface area (Å²) in [4.78, 5) is 17.5. The molecule has 1 fully saturated rings. The van der Waals surface area contributed by atoms with Gasteiger partial charge < -0.3 is 15.1 Å². The molecule has 0 saturated carbocycles. The number of aromatic nitrogens is 2. The molecule has 1 aliphatic heterocycles. The minimum absolute atomic E-state index is 0.209. The second-order valence-electron chi connectivity index (χ2n) is 6.85. The number of carbonyl (C=O) groups is 1. The third-order valence-corrected chi connectivity index (χ3v) is 5.64. The summed E-state index contributed by atoms with van der Waals surface area (Å²) in [5, 5.41) is 10.2. The topological polar surface area (TPSA) is 64.3 Å². The highest BCUT2D eigenvalue weighted by atomic mass is 79.9. The van der Waals surface area contributed by atoms with E-state index in [-0.39, 0.29) is 11.8 Å².